The van der Waals surface area contributed by atoms with E-state index in [-0.39, 0.29) is 11.5 Å². The van der Waals surface area contributed by atoms with Crippen LogP contribution in [-0.2, 0) is 14.9 Å². The second-order valence-electron chi connectivity index (χ2n) is 7.83. The molecule has 0 amide bonds. The van der Waals surface area contributed by atoms with Gasteiger partial charge in [-0.15, -0.1) is 0 Å². The monoisotopic (exact) mass is 381 g/mol. The fraction of sp³-hybridized carbons (Fsp3) is 0.455. The summed E-state index contributed by atoms with van der Waals surface area (Å²) in [6.45, 7) is 5.47. The maximum Gasteiger partial charge on any atom is 0.165 e. The zero-order chi connectivity index (χ0) is 18.6. The number of benzene rings is 2. The van der Waals surface area contributed by atoms with Crippen LogP contribution in [0.2, 0.25) is 0 Å². The summed E-state index contributed by atoms with van der Waals surface area (Å²) in [6, 6.07) is 12.7. The Morgan fingerprint density at radius 1 is 0.893 bits per heavy atom. The van der Waals surface area contributed by atoms with Crippen molar-refractivity contribution >= 4 is 5.69 Å². The number of fused-ring (bicyclic) bond motifs is 5. The van der Waals surface area contributed by atoms with E-state index in [1.807, 2.05) is 6.07 Å². The Bertz CT molecular complexity index is 910. The van der Waals surface area contributed by atoms with Crippen LogP contribution in [0.15, 0.2) is 36.4 Å². The molecule has 2 aromatic rings. The molecule has 1 saturated heterocycles. The van der Waals surface area contributed by atoms with Gasteiger partial charge < -0.3 is 28.6 Å². The summed E-state index contributed by atoms with van der Waals surface area (Å²) >= 11 is 0. The number of hydrogen-bond donors (Lipinski definition) is 0. The first kappa shape index (κ1) is 16.5. The molecule has 0 aliphatic carbocycles. The number of ether oxygens (including phenoxy) is 5. The first-order valence-corrected chi connectivity index (χ1v) is 9.94. The minimum atomic E-state index is -0.197. The van der Waals surface area contributed by atoms with Gasteiger partial charge in [0.2, 0.25) is 0 Å². The summed E-state index contributed by atoms with van der Waals surface area (Å²) in [5.41, 5.74) is 3.55. The van der Waals surface area contributed by atoms with E-state index in [0.29, 0.717) is 39.6 Å². The Morgan fingerprint density at radius 2 is 1.75 bits per heavy atom. The van der Waals surface area contributed by atoms with Crippen molar-refractivity contribution < 1.29 is 23.7 Å². The van der Waals surface area contributed by atoms with E-state index in [1.54, 1.807) is 0 Å². The summed E-state index contributed by atoms with van der Waals surface area (Å²) in [7, 11) is 0. The van der Waals surface area contributed by atoms with Crippen LogP contribution in [0.4, 0.5) is 5.69 Å². The van der Waals surface area contributed by atoms with Gasteiger partial charge in [0.05, 0.1) is 31.3 Å². The zero-order valence-electron chi connectivity index (χ0n) is 15.7. The summed E-state index contributed by atoms with van der Waals surface area (Å²) in [4.78, 5) is 2.42. The molecule has 0 saturated carbocycles. The Hall–Kier alpha value is -2.44. The van der Waals surface area contributed by atoms with Gasteiger partial charge in [-0.3, -0.25) is 0 Å². The molecular formula is C22H23NO5. The SMILES string of the molecule is c1ccc2c(c1)N(C[C@H]1COCCO1)C[C@@]21COc2cc3c(cc21)OCCO3. The number of nitrogens with zero attached hydrogens (tertiary/aromatic N) is 1. The van der Waals surface area contributed by atoms with Gasteiger partial charge in [0.25, 0.3) is 0 Å². The standard InChI is InChI=1S/C22H23NO5/c1-2-4-18-16(3-1)22(13-23(18)11-15-12-24-5-6-25-15)14-28-19-10-21-20(9-17(19)22)26-7-8-27-21/h1-4,9-10,15H,5-8,11-14H2/t15-,22+/m0/s1. The van der Waals surface area contributed by atoms with Crippen LogP contribution in [0.3, 0.4) is 0 Å². The van der Waals surface area contributed by atoms with E-state index in [4.69, 9.17) is 23.7 Å². The normalized spacial score (nSPS) is 27.4. The summed E-state index contributed by atoms with van der Waals surface area (Å²) < 4.78 is 29.3. The molecule has 1 fully saturated rings. The molecule has 4 aliphatic rings. The van der Waals surface area contributed by atoms with E-state index >= 15 is 0 Å². The molecule has 0 aromatic heterocycles. The van der Waals surface area contributed by atoms with Gasteiger partial charge in [-0.05, 0) is 17.7 Å². The molecule has 0 N–H and O–H groups in total. The number of rotatable bonds is 2. The molecule has 4 heterocycles. The van der Waals surface area contributed by atoms with Crippen LogP contribution in [0.1, 0.15) is 11.1 Å². The molecule has 6 heteroatoms. The van der Waals surface area contributed by atoms with Crippen molar-refractivity contribution in [2.24, 2.45) is 0 Å². The van der Waals surface area contributed by atoms with Crippen molar-refractivity contribution in [1.29, 1.82) is 0 Å². The molecule has 2 aromatic carbocycles. The van der Waals surface area contributed by atoms with Crippen molar-refractivity contribution in [1.82, 2.24) is 0 Å². The summed E-state index contributed by atoms with van der Waals surface area (Å²) in [6.07, 6.45) is 0.0963. The van der Waals surface area contributed by atoms with Gasteiger partial charge in [0.1, 0.15) is 25.6 Å². The van der Waals surface area contributed by atoms with Crippen molar-refractivity contribution in [3.05, 3.63) is 47.5 Å². The topological polar surface area (TPSA) is 49.4 Å². The second-order valence-corrected chi connectivity index (χ2v) is 7.83. The van der Waals surface area contributed by atoms with Crippen LogP contribution < -0.4 is 19.1 Å². The lowest BCUT2D eigenvalue weighted by Crippen LogP contribution is -2.43. The Balaban J connectivity index is 1.40. The smallest absolute Gasteiger partial charge is 0.165 e. The lowest BCUT2D eigenvalue weighted by atomic mass is 9.77. The highest BCUT2D eigenvalue weighted by atomic mass is 16.6. The zero-order valence-corrected chi connectivity index (χ0v) is 15.7. The van der Waals surface area contributed by atoms with Crippen molar-refractivity contribution in [3.63, 3.8) is 0 Å². The highest BCUT2D eigenvalue weighted by molar-refractivity contribution is 5.70. The maximum atomic E-state index is 6.18. The van der Waals surface area contributed by atoms with Crippen LogP contribution in [-0.4, -0.2) is 58.8 Å². The molecule has 6 nitrogen and oxygen atoms in total. The summed E-state index contributed by atoms with van der Waals surface area (Å²) in [5.74, 6) is 2.49. The van der Waals surface area contributed by atoms with Crippen LogP contribution in [0.5, 0.6) is 17.2 Å². The van der Waals surface area contributed by atoms with Crippen LogP contribution in [0.25, 0.3) is 0 Å². The van der Waals surface area contributed by atoms with Gasteiger partial charge in [0, 0.05) is 30.4 Å². The largest absolute Gasteiger partial charge is 0.492 e. The molecule has 28 heavy (non-hydrogen) atoms. The Kier molecular flexibility index (Phi) is 3.71. The molecule has 146 valence electrons. The predicted molar refractivity (Wildman–Crippen MR) is 103 cm³/mol. The first-order chi connectivity index (χ1) is 13.8. The van der Waals surface area contributed by atoms with Gasteiger partial charge in [-0.2, -0.15) is 0 Å². The second kappa shape index (κ2) is 6.29. The minimum Gasteiger partial charge on any atom is -0.492 e. The number of anilines is 1. The lowest BCUT2D eigenvalue weighted by molar-refractivity contribution is -0.0840. The lowest BCUT2D eigenvalue weighted by Gasteiger charge is -2.30. The average Bonchev–Trinajstić information content (AvgIpc) is 3.26. The van der Waals surface area contributed by atoms with Crippen LogP contribution in [0, 0.1) is 0 Å². The van der Waals surface area contributed by atoms with Crippen molar-refractivity contribution in [2.45, 2.75) is 11.5 Å². The molecule has 0 bridgehead atoms. The minimum absolute atomic E-state index is 0.0963. The van der Waals surface area contributed by atoms with E-state index < -0.39 is 0 Å². The molecule has 6 rings (SSSR count). The molecule has 0 unspecified atom stereocenters. The number of para-hydroxylation sites is 1. The quantitative estimate of drug-likeness (QED) is 0.796. The fourth-order valence-corrected chi connectivity index (χ4v) is 4.90. The maximum absolute atomic E-state index is 6.18. The first-order valence-electron chi connectivity index (χ1n) is 9.94. The third-order valence-electron chi connectivity index (χ3n) is 6.16. The van der Waals surface area contributed by atoms with Gasteiger partial charge >= 0.3 is 0 Å². The molecule has 4 aliphatic heterocycles. The fourth-order valence-electron chi connectivity index (χ4n) is 4.90. The molecular weight excluding hydrogens is 358 g/mol. The van der Waals surface area contributed by atoms with Gasteiger partial charge in [-0.1, -0.05) is 18.2 Å². The van der Waals surface area contributed by atoms with Crippen LogP contribution >= 0.6 is 0 Å². The molecule has 1 spiro atoms. The van der Waals surface area contributed by atoms with E-state index in [0.717, 1.165) is 30.3 Å². The van der Waals surface area contributed by atoms with Gasteiger partial charge in [0.15, 0.2) is 11.5 Å². The van der Waals surface area contributed by atoms with Gasteiger partial charge in [-0.25, -0.2) is 0 Å². The Morgan fingerprint density at radius 3 is 2.61 bits per heavy atom. The molecule has 0 radical (unpaired) electrons. The summed E-state index contributed by atoms with van der Waals surface area (Å²) in [5, 5.41) is 0. The van der Waals surface area contributed by atoms with Crippen molar-refractivity contribution in [3.8, 4) is 17.2 Å². The highest BCUT2D eigenvalue weighted by Crippen LogP contribution is 2.54. The third-order valence-corrected chi connectivity index (χ3v) is 6.16. The Labute approximate surface area is 163 Å². The van der Waals surface area contributed by atoms with Crippen molar-refractivity contribution in [2.75, 3.05) is 57.6 Å². The number of hydrogen-bond acceptors (Lipinski definition) is 6. The van der Waals surface area contributed by atoms with E-state index in [9.17, 15) is 0 Å². The average molecular weight is 381 g/mol. The van der Waals surface area contributed by atoms with E-state index in [1.165, 1.54) is 16.8 Å². The molecule has 2 atom stereocenters. The predicted octanol–water partition coefficient (Wildman–Crippen LogP) is 2.37. The highest BCUT2D eigenvalue weighted by Gasteiger charge is 2.50. The van der Waals surface area contributed by atoms with E-state index in [2.05, 4.69) is 35.2 Å². The third kappa shape index (κ3) is 2.41.